The lowest BCUT2D eigenvalue weighted by molar-refractivity contribution is 0.258. The molecule has 0 atom stereocenters. The smallest absolute Gasteiger partial charge is 0.0834 e. The van der Waals surface area contributed by atoms with E-state index in [1.54, 1.807) is 0 Å². The van der Waals surface area contributed by atoms with Gasteiger partial charge in [-0.15, -0.1) is 0 Å². The highest BCUT2D eigenvalue weighted by Gasteiger charge is 2.21. The van der Waals surface area contributed by atoms with Crippen LogP contribution in [0.3, 0.4) is 0 Å². The maximum absolute atomic E-state index is 5.68. The zero-order valence-corrected chi connectivity index (χ0v) is 26.5. The zero-order chi connectivity index (χ0) is 26.8. The number of unbranched alkanes of at least 4 members (excludes halogenated alkanes) is 10. The first-order valence-corrected chi connectivity index (χ1v) is 16.1. The van der Waals surface area contributed by atoms with Gasteiger partial charge in [0.15, 0.2) is 0 Å². The van der Waals surface area contributed by atoms with Gasteiger partial charge in [0.05, 0.1) is 20.4 Å². The Balaban J connectivity index is 2.53. The average molecular weight is 538 g/mol. The van der Waals surface area contributed by atoms with Crippen molar-refractivity contribution >= 4 is 35.8 Å². The number of hydrogen-bond donors (Lipinski definition) is 0. The van der Waals surface area contributed by atoms with Crippen molar-refractivity contribution in [3.63, 3.8) is 0 Å². The van der Waals surface area contributed by atoms with Crippen LogP contribution >= 0.6 is 24.4 Å². The van der Waals surface area contributed by atoms with Gasteiger partial charge in [-0.05, 0) is 57.7 Å². The Morgan fingerprint density at radius 3 is 1.36 bits per heavy atom. The van der Waals surface area contributed by atoms with E-state index in [0.717, 1.165) is 28.0 Å². The highest BCUT2D eigenvalue weighted by atomic mass is 32.1. The molecule has 1 aromatic rings. The molecule has 1 aromatic carbocycles. The third-order valence-electron chi connectivity index (χ3n) is 7.52. The van der Waals surface area contributed by atoms with Crippen molar-refractivity contribution in [1.29, 1.82) is 0 Å². The molecule has 0 bridgehead atoms. The van der Waals surface area contributed by atoms with Gasteiger partial charge in [0.2, 0.25) is 0 Å². The van der Waals surface area contributed by atoms with Crippen molar-refractivity contribution in [2.24, 2.45) is 5.92 Å². The van der Waals surface area contributed by atoms with E-state index < -0.39 is 0 Å². The first-order chi connectivity index (χ1) is 17.3. The van der Waals surface area contributed by atoms with Crippen molar-refractivity contribution < 1.29 is 0 Å². The van der Waals surface area contributed by atoms with E-state index in [0.29, 0.717) is 0 Å². The number of hydrogen-bond acceptors (Lipinski definition) is 5. The van der Waals surface area contributed by atoms with Crippen LogP contribution in [0.5, 0.6) is 0 Å². The molecule has 3 nitrogen and oxygen atoms in total. The lowest BCUT2D eigenvalue weighted by Gasteiger charge is -2.32. The van der Waals surface area contributed by atoms with Crippen LogP contribution in [0.15, 0.2) is 0 Å². The van der Waals surface area contributed by atoms with Crippen molar-refractivity contribution in [3.05, 3.63) is 9.02 Å². The molecule has 0 unspecified atom stereocenters. The Morgan fingerprint density at radius 2 is 0.917 bits per heavy atom. The van der Waals surface area contributed by atoms with E-state index in [9.17, 15) is 0 Å². The molecule has 0 aliphatic heterocycles. The van der Waals surface area contributed by atoms with Gasteiger partial charge >= 0.3 is 0 Å². The molecule has 0 aromatic heterocycles. The second kappa shape index (κ2) is 20.4. The predicted molar refractivity (Wildman–Crippen MR) is 169 cm³/mol. The van der Waals surface area contributed by atoms with Crippen molar-refractivity contribution in [2.75, 3.05) is 56.6 Å². The van der Waals surface area contributed by atoms with Gasteiger partial charge < -0.3 is 14.7 Å². The molecule has 5 heteroatoms. The topological polar surface area (TPSA) is 9.72 Å². The lowest BCUT2D eigenvalue weighted by Crippen LogP contribution is -2.32. The summed E-state index contributed by atoms with van der Waals surface area (Å²) in [6.07, 6.45) is 20.2. The maximum Gasteiger partial charge on any atom is 0.0834 e. The van der Waals surface area contributed by atoms with Gasteiger partial charge in [-0.3, -0.25) is 0 Å². The molecule has 0 saturated heterocycles. The Labute approximate surface area is 235 Å². The molecule has 0 spiro atoms. The Bertz CT molecular complexity index is 723. The van der Waals surface area contributed by atoms with Gasteiger partial charge in [0, 0.05) is 27.2 Å². The number of rotatable bonds is 24. The molecule has 0 radical (unpaired) electrons. The minimum Gasteiger partial charge on any atom is -0.372 e. The summed E-state index contributed by atoms with van der Waals surface area (Å²) in [5, 5.41) is 0. The molecule has 0 heterocycles. The van der Waals surface area contributed by atoms with Crippen LogP contribution in [0.2, 0.25) is 0 Å². The normalized spacial score (nSPS) is 11.8. The molecule has 1 rings (SSSR count). The van der Waals surface area contributed by atoms with Crippen molar-refractivity contribution in [2.45, 2.75) is 124 Å². The first-order valence-electron chi connectivity index (χ1n) is 15.3. The predicted octanol–water partition coefficient (Wildman–Crippen LogP) is 9.74. The molecule has 210 valence electrons. The molecule has 0 aliphatic carbocycles. The van der Waals surface area contributed by atoms with Crippen LogP contribution in [-0.2, 0) is 0 Å². The summed E-state index contributed by atoms with van der Waals surface area (Å²) in [6.45, 7) is 15.0. The summed E-state index contributed by atoms with van der Waals surface area (Å²) < 4.78 is 1.79. The van der Waals surface area contributed by atoms with Crippen LogP contribution in [0.25, 0.3) is 0 Å². The monoisotopic (exact) mass is 537 g/mol. The minimum absolute atomic E-state index is 0.750. The molecular formula is C31H59N3S2. The van der Waals surface area contributed by atoms with Crippen molar-refractivity contribution in [3.8, 4) is 0 Å². The summed E-state index contributed by atoms with van der Waals surface area (Å²) in [4.78, 5) is 7.46. The molecule has 36 heavy (non-hydrogen) atoms. The highest BCUT2D eigenvalue weighted by molar-refractivity contribution is 7.74. The summed E-state index contributed by atoms with van der Waals surface area (Å²) in [5.74, 6) is 0.750. The van der Waals surface area contributed by atoms with Crippen LogP contribution < -0.4 is 9.80 Å². The largest absolute Gasteiger partial charge is 0.372 e. The van der Waals surface area contributed by atoms with E-state index in [1.807, 2.05) is 0 Å². The van der Waals surface area contributed by atoms with Crippen LogP contribution in [0.1, 0.15) is 124 Å². The van der Waals surface area contributed by atoms with Gasteiger partial charge in [-0.1, -0.05) is 116 Å². The first kappa shape index (κ1) is 33.5. The minimum atomic E-state index is 0.750. The van der Waals surface area contributed by atoms with Crippen LogP contribution in [0, 0.1) is 14.9 Å². The highest BCUT2D eigenvalue weighted by Crippen LogP contribution is 2.38. The van der Waals surface area contributed by atoms with Gasteiger partial charge in [0.25, 0.3) is 0 Å². The summed E-state index contributed by atoms with van der Waals surface area (Å²) in [5.41, 5.74) is 2.41. The van der Waals surface area contributed by atoms with Gasteiger partial charge in [0.1, 0.15) is 0 Å². The average Bonchev–Trinajstić information content (AvgIpc) is 2.84. The standard InChI is InChI=1S/C31H59N3S2/c1-7-9-11-13-15-17-24-34(25-18-16-14-12-10-8-2)26-20-23-33(6)29-28(30(35)31(29)36)32(5)22-19-21-27(3)4/h27H,7-26H2,1-6H3. The van der Waals surface area contributed by atoms with E-state index in [4.69, 9.17) is 24.4 Å². The van der Waals surface area contributed by atoms with Gasteiger partial charge in [-0.2, -0.15) is 0 Å². The second-order valence-electron chi connectivity index (χ2n) is 11.5. The Morgan fingerprint density at radius 1 is 0.528 bits per heavy atom. The van der Waals surface area contributed by atoms with E-state index in [-0.39, 0.29) is 0 Å². The molecule has 0 N–H and O–H groups in total. The molecule has 0 aliphatic rings. The number of anilines is 2. The Kier molecular flexibility index (Phi) is 19.0. The molecule has 0 fully saturated rings. The molecular weight excluding hydrogens is 478 g/mol. The zero-order valence-electron chi connectivity index (χ0n) is 24.9. The Hall–Kier alpha value is -0.520. The quantitative estimate of drug-likeness (QED) is 0.0956. The molecule has 0 saturated carbocycles. The summed E-state index contributed by atoms with van der Waals surface area (Å²) in [6, 6.07) is 0. The summed E-state index contributed by atoms with van der Waals surface area (Å²) in [7, 11) is 4.39. The van der Waals surface area contributed by atoms with Crippen LogP contribution in [-0.4, -0.2) is 51.7 Å². The fraction of sp³-hybridized carbons (Fsp3) is 0.871. The van der Waals surface area contributed by atoms with Gasteiger partial charge in [-0.25, -0.2) is 0 Å². The maximum atomic E-state index is 5.68. The lowest BCUT2D eigenvalue weighted by atomic mass is 10.1. The van der Waals surface area contributed by atoms with E-state index >= 15 is 0 Å². The number of nitrogens with zero attached hydrogens (tertiary/aromatic N) is 3. The van der Waals surface area contributed by atoms with Crippen molar-refractivity contribution in [1.82, 2.24) is 4.90 Å². The summed E-state index contributed by atoms with van der Waals surface area (Å²) >= 11 is 11.3. The molecule has 0 amide bonds. The third kappa shape index (κ3) is 13.3. The fourth-order valence-electron chi connectivity index (χ4n) is 5.13. The third-order valence-corrected chi connectivity index (χ3v) is 8.45. The van der Waals surface area contributed by atoms with E-state index in [2.05, 4.69) is 56.5 Å². The SMILES string of the molecule is CCCCCCCCN(CCCCCCCC)CCCN(C)c1c(N(C)CCCC(C)C)c(=S)c1=S. The second-order valence-corrected chi connectivity index (χ2v) is 12.3. The van der Waals surface area contributed by atoms with Crippen LogP contribution in [0.4, 0.5) is 11.4 Å². The fourth-order valence-corrected chi connectivity index (χ4v) is 5.83. The van der Waals surface area contributed by atoms with E-state index in [1.165, 1.54) is 127 Å².